The van der Waals surface area contributed by atoms with Crippen LogP contribution in [0, 0.1) is 0 Å². The van der Waals surface area contributed by atoms with E-state index >= 15 is 0 Å². The number of piperazine rings is 1. The Morgan fingerprint density at radius 2 is 2.05 bits per heavy atom. The number of aliphatic hydroxyl groups excluding tert-OH is 1. The molecule has 5 heteroatoms. The highest BCUT2D eigenvalue weighted by atomic mass is 16.3. The molecule has 5 nitrogen and oxygen atoms in total. The monoisotopic (exact) mass is 302 g/mol. The van der Waals surface area contributed by atoms with Crippen LogP contribution in [0.25, 0.3) is 0 Å². The van der Waals surface area contributed by atoms with Gasteiger partial charge in [-0.25, -0.2) is 0 Å². The van der Waals surface area contributed by atoms with Crippen molar-refractivity contribution >= 4 is 0 Å². The molecule has 2 saturated heterocycles. The Morgan fingerprint density at radius 3 is 2.82 bits per heavy atom. The summed E-state index contributed by atoms with van der Waals surface area (Å²) >= 11 is 0. The Hall–Kier alpha value is -1.01. The van der Waals surface area contributed by atoms with Gasteiger partial charge in [-0.3, -0.25) is 14.8 Å². The van der Waals surface area contributed by atoms with Crippen LogP contribution in [0.1, 0.15) is 37.1 Å². The fourth-order valence-corrected chi connectivity index (χ4v) is 4.90. The van der Waals surface area contributed by atoms with Crippen molar-refractivity contribution in [3.8, 4) is 0 Å². The maximum atomic E-state index is 9.29. The molecule has 3 N–H and O–H groups in total. The molecule has 1 aromatic rings. The Bertz CT molecular complexity index is 543. The summed E-state index contributed by atoms with van der Waals surface area (Å²) in [4.78, 5) is 9.89. The van der Waals surface area contributed by atoms with E-state index in [1.165, 1.54) is 25.9 Å². The number of aromatic nitrogens is 1. The molecule has 0 aromatic carbocycles. The van der Waals surface area contributed by atoms with Crippen molar-refractivity contribution < 1.29 is 5.11 Å². The van der Waals surface area contributed by atoms with Gasteiger partial charge in [-0.05, 0) is 44.4 Å². The number of hydrogen-bond acceptors (Lipinski definition) is 5. The predicted octanol–water partition coefficient (Wildman–Crippen LogP) is 0.714. The third kappa shape index (κ3) is 2.27. The Morgan fingerprint density at radius 1 is 1.23 bits per heavy atom. The average Bonchev–Trinajstić information content (AvgIpc) is 2.98. The van der Waals surface area contributed by atoms with Gasteiger partial charge in [-0.15, -0.1) is 0 Å². The number of nitrogens with two attached hydrogens (primary N) is 1. The number of nitrogens with zero attached hydrogens (tertiary/aromatic N) is 3. The minimum absolute atomic E-state index is 0.0141. The molecule has 3 aliphatic rings. The van der Waals surface area contributed by atoms with Crippen LogP contribution >= 0.6 is 0 Å². The van der Waals surface area contributed by atoms with Crippen LogP contribution in [0.5, 0.6) is 0 Å². The second-order valence-electron chi connectivity index (χ2n) is 7.17. The fraction of sp³-hybridized carbons (Fsp3) is 0.706. The molecule has 4 rings (SSSR count). The van der Waals surface area contributed by atoms with Crippen LogP contribution in [0.2, 0.25) is 0 Å². The Kier molecular flexibility index (Phi) is 3.69. The van der Waals surface area contributed by atoms with Crippen molar-refractivity contribution in [3.63, 3.8) is 0 Å². The zero-order valence-corrected chi connectivity index (χ0v) is 13.1. The quantitative estimate of drug-likeness (QED) is 0.861. The van der Waals surface area contributed by atoms with Crippen molar-refractivity contribution in [2.75, 3.05) is 19.6 Å². The van der Waals surface area contributed by atoms with Crippen LogP contribution in [-0.4, -0.2) is 57.1 Å². The van der Waals surface area contributed by atoms with E-state index in [9.17, 15) is 5.11 Å². The molecule has 120 valence electrons. The van der Waals surface area contributed by atoms with E-state index in [-0.39, 0.29) is 12.1 Å². The molecule has 0 radical (unpaired) electrons. The second kappa shape index (κ2) is 5.57. The zero-order valence-electron chi connectivity index (χ0n) is 13.1. The van der Waals surface area contributed by atoms with Gasteiger partial charge < -0.3 is 10.8 Å². The van der Waals surface area contributed by atoms with Crippen LogP contribution in [-0.2, 0) is 13.2 Å². The average molecular weight is 302 g/mol. The molecule has 0 bridgehead atoms. The molecule has 3 fully saturated rings. The number of aliphatic hydroxyl groups is 1. The highest BCUT2D eigenvalue weighted by molar-refractivity contribution is 5.18. The summed E-state index contributed by atoms with van der Waals surface area (Å²) in [6.07, 6.45) is 4.88. The lowest BCUT2D eigenvalue weighted by Crippen LogP contribution is -2.73. The summed E-state index contributed by atoms with van der Waals surface area (Å²) in [6, 6.07) is 7.00. The number of pyridine rings is 1. The molecule has 1 aromatic heterocycles. The molecule has 1 aliphatic carbocycles. The lowest BCUT2D eigenvalue weighted by molar-refractivity contribution is -0.0974. The van der Waals surface area contributed by atoms with E-state index in [0.29, 0.717) is 12.1 Å². The number of hydrogen-bond donors (Lipinski definition) is 2. The van der Waals surface area contributed by atoms with E-state index < -0.39 is 0 Å². The molecular formula is C17H26N4O. The summed E-state index contributed by atoms with van der Waals surface area (Å²) in [7, 11) is 0. The van der Waals surface area contributed by atoms with Crippen LogP contribution in [0.4, 0.5) is 0 Å². The molecule has 1 saturated carbocycles. The summed E-state index contributed by atoms with van der Waals surface area (Å²) in [5.41, 5.74) is 8.27. The summed E-state index contributed by atoms with van der Waals surface area (Å²) in [5.74, 6) is 0. The summed E-state index contributed by atoms with van der Waals surface area (Å²) < 4.78 is 0. The van der Waals surface area contributed by atoms with Gasteiger partial charge in [0.2, 0.25) is 0 Å². The molecule has 1 unspecified atom stereocenters. The van der Waals surface area contributed by atoms with Crippen LogP contribution < -0.4 is 5.73 Å². The van der Waals surface area contributed by atoms with Crippen molar-refractivity contribution in [2.45, 2.75) is 56.5 Å². The highest BCUT2D eigenvalue weighted by Crippen LogP contribution is 2.47. The molecule has 22 heavy (non-hydrogen) atoms. The SMILES string of the molecule is NC1CC2(C1)C1CCCN1CCN2Cc1cccc(CO)n1. The maximum absolute atomic E-state index is 9.29. The summed E-state index contributed by atoms with van der Waals surface area (Å²) in [6.45, 7) is 4.43. The Labute approximate surface area is 132 Å². The molecule has 0 amide bonds. The van der Waals surface area contributed by atoms with Crippen molar-refractivity contribution in [1.82, 2.24) is 14.8 Å². The van der Waals surface area contributed by atoms with E-state index in [4.69, 9.17) is 5.73 Å². The molecular weight excluding hydrogens is 276 g/mol. The highest BCUT2D eigenvalue weighted by Gasteiger charge is 2.56. The van der Waals surface area contributed by atoms with E-state index in [2.05, 4.69) is 20.9 Å². The third-order valence-corrected chi connectivity index (χ3v) is 5.88. The minimum atomic E-state index is 0.0141. The maximum Gasteiger partial charge on any atom is 0.0853 e. The molecule has 1 spiro atoms. The van der Waals surface area contributed by atoms with Gasteiger partial charge in [-0.2, -0.15) is 0 Å². The third-order valence-electron chi connectivity index (χ3n) is 5.88. The van der Waals surface area contributed by atoms with Crippen LogP contribution in [0.15, 0.2) is 18.2 Å². The normalized spacial score (nSPS) is 35.5. The lowest BCUT2D eigenvalue weighted by atomic mass is 9.65. The summed E-state index contributed by atoms with van der Waals surface area (Å²) in [5, 5.41) is 9.29. The standard InChI is InChI=1S/C17H26N4O/c18-13-9-17(10-13)16-5-2-6-20(16)7-8-21(17)11-14-3-1-4-15(12-22)19-14/h1,3-4,13,16,22H,2,5-12,18H2. The van der Waals surface area contributed by atoms with E-state index in [0.717, 1.165) is 37.3 Å². The zero-order chi connectivity index (χ0) is 15.2. The first-order valence-corrected chi connectivity index (χ1v) is 8.52. The van der Waals surface area contributed by atoms with Crippen LogP contribution in [0.3, 0.4) is 0 Å². The first-order valence-electron chi connectivity index (χ1n) is 8.52. The van der Waals surface area contributed by atoms with Gasteiger partial charge in [-0.1, -0.05) is 6.07 Å². The van der Waals surface area contributed by atoms with Gasteiger partial charge in [0.05, 0.1) is 18.0 Å². The minimum Gasteiger partial charge on any atom is -0.390 e. The van der Waals surface area contributed by atoms with E-state index in [1.54, 1.807) is 0 Å². The van der Waals surface area contributed by atoms with Crippen molar-refractivity contribution in [2.24, 2.45) is 5.73 Å². The Balaban J connectivity index is 1.57. The predicted molar refractivity (Wildman–Crippen MR) is 85.1 cm³/mol. The first kappa shape index (κ1) is 14.6. The number of rotatable bonds is 3. The number of fused-ring (bicyclic) bond motifs is 2. The first-order chi connectivity index (χ1) is 10.7. The molecule has 2 aliphatic heterocycles. The largest absolute Gasteiger partial charge is 0.390 e. The molecule has 3 heterocycles. The van der Waals surface area contributed by atoms with Gasteiger partial charge in [0.15, 0.2) is 0 Å². The smallest absolute Gasteiger partial charge is 0.0853 e. The van der Waals surface area contributed by atoms with Gasteiger partial charge in [0, 0.05) is 37.3 Å². The van der Waals surface area contributed by atoms with Crippen molar-refractivity contribution in [1.29, 1.82) is 0 Å². The van der Waals surface area contributed by atoms with Gasteiger partial charge in [0.25, 0.3) is 0 Å². The molecule has 1 atom stereocenters. The lowest BCUT2D eigenvalue weighted by Gasteiger charge is -2.61. The van der Waals surface area contributed by atoms with Gasteiger partial charge >= 0.3 is 0 Å². The second-order valence-corrected chi connectivity index (χ2v) is 7.17. The van der Waals surface area contributed by atoms with Crippen molar-refractivity contribution in [3.05, 3.63) is 29.6 Å². The van der Waals surface area contributed by atoms with E-state index in [1.807, 2.05) is 12.1 Å². The topological polar surface area (TPSA) is 65.6 Å². The fourth-order valence-electron chi connectivity index (χ4n) is 4.90. The van der Waals surface area contributed by atoms with Gasteiger partial charge in [0.1, 0.15) is 0 Å².